The van der Waals surface area contributed by atoms with Crippen LogP contribution in [0.4, 0.5) is 10.2 Å². The van der Waals surface area contributed by atoms with Crippen molar-refractivity contribution in [3.05, 3.63) is 71.4 Å². The highest BCUT2D eigenvalue weighted by atomic mass is 19.1. The molecule has 7 nitrogen and oxygen atoms in total. The van der Waals surface area contributed by atoms with Gasteiger partial charge in [-0.3, -0.25) is 4.79 Å². The van der Waals surface area contributed by atoms with Gasteiger partial charge in [-0.15, -0.1) is 0 Å². The number of pyridine rings is 1. The molecule has 158 valence electrons. The molecule has 0 radical (unpaired) electrons. The molecule has 1 aromatic carbocycles. The molecule has 8 heteroatoms. The average molecular weight is 418 g/mol. The highest BCUT2D eigenvalue weighted by Gasteiger charge is 2.28. The third-order valence-corrected chi connectivity index (χ3v) is 5.42. The van der Waals surface area contributed by atoms with E-state index in [-0.39, 0.29) is 17.6 Å². The number of halogens is 1. The molecule has 1 aliphatic rings. The lowest BCUT2D eigenvalue weighted by Gasteiger charge is -2.35. The number of aromatic nitrogens is 3. The normalized spacial score (nSPS) is 14.0. The molecule has 3 aromatic rings. The summed E-state index contributed by atoms with van der Waals surface area (Å²) in [7, 11) is 0. The third kappa shape index (κ3) is 4.12. The Balaban J connectivity index is 1.53. The smallest absolute Gasteiger partial charge is 0.257 e. The number of carbonyl (C=O) groups is 1. The van der Waals surface area contributed by atoms with Gasteiger partial charge in [0.1, 0.15) is 11.6 Å². The summed E-state index contributed by atoms with van der Waals surface area (Å²) >= 11 is 0. The Morgan fingerprint density at radius 3 is 2.48 bits per heavy atom. The summed E-state index contributed by atoms with van der Waals surface area (Å²) in [5.74, 6) is 0.435. The van der Waals surface area contributed by atoms with Gasteiger partial charge < -0.3 is 9.80 Å². The second-order valence-corrected chi connectivity index (χ2v) is 7.78. The van der Waals surface area contributed by atoms with E-state index < -0.39 is 0 Å². The Kier molecular flexibility index (Phi) is 5.67. The first-order valence-electron chi connectivity index (χ1n) is 10.2. The average Bonchev–Trinajstić information content (AvgIpc) is 3.25. The van der Waals surface area contributed by atoms with E-state index in [1.807, 2.05) is 18.7 Å². The zero-order valence-corrected chi connectivity index (χ0v) is 17.5. The van der Waals surface area contributed by atoms with Gasteiger partial charge in [-0.05, 0) is 42.3 Å². The van der Waals surface area contributed by atoms with Crippen LogP contribution in [-0.2, 0) is 0 Å². The third-order valence-electron chi connectivity index (χ3n) is 5.42. The predicted molar refractivity (Wildman–Crippen MR) is 115 cm³/mol. The first-order valence-corrected chi connectivity index (χ1v) is 10.2. The summed E-state index contributed by atoms with van der Waals surface area (Å²) in [5.41, 5.74) is 2.66. The van der Waals surface area contributed by atoms with Crippen molar-refractivity contribution >= 4 is 11.7 Å². The maximum Gasteiger partial charge on any atom is 0.257 e. The van der Waals surface area contributed by atoms with Crippen LogP contribution in [0.2, 0.25) is 0 Å². The molecular formula is C23H23FN6O. The number of piperazine rings is 1. The predicted octanol–water partition coefficient (Wildman–Crippen LogP) is 3.36. The van der Waals surface area contributed by atoms with Gasteiger partial charge in [0.2, 0.25) is 0 Å². The van der Waals surface area contributed by atoms with Crippen molar-refractivity contribution in [2.45, 2.75) is 19.8 Å². The molecule has 0 unspecified atom stereocenters. The summed E-state index contributed by atoms with van der Waals surface area (Å²) in [4.78, 5) is 21.6. The van der Waals surface area contributed by atoms with E-state index in [2.05, 4.69) is 21.1 Å². The van der Waals surface area contributed by atoms with Crippen molar-refractivity contribution in [3.63, 3.8) is 0 Å². The Morgan fingerprint density at radius 2 is 1.84 bits per heavy atom. The highest BCUT2D eigenvalue weighted by Crippen LogP contribution is 2.25. The highest BCUT2D eigenvalue weighted by molar-refractivity contribution is 5.95. The van der Waals surface area contributed by atoms with Crippen molar-refractivity contribution in [3.8, 4) is 11.8 Å². The molecule has 1 saturated heterocycles. The first-order chi connectivity index (χ1) is 15.0. The molecule has 0 N–H and O–H groups in total. The van der Waals surface area contributed by atoms with Crippen LogP contribution in [0.15, 0.2) is 48.8 Å². The van der Waals surface area contributed by atoms with E-state index in [4.69, 9.17) is 5.26 Å². The van der Waals surface area contributed by atoms with Crippen molar-refractivity contribution in [2.75, 3.05) is 31.1 Å². The molecule has 0 saturated carbocycles. The number of hydrogen-bond donors (Lipinski definition) is 0. The fourth-order valence-corrected chi connectivity index (χ4v) is 3.84. The molecule has 4 rings (SSSR count). The van der Waals surface area contributed by atoms with Gasteiger partial charge in [0.05, 0.1) is 34.8 Å². The molecule has 0 atom stereocenters. The quantitative estimate of drug-likeness (QED) is 0.649. The Hall–Kier alpha value is -3.73. The van der Waals surface area contributed by atoms with E-state index in [1.165, 1.54) is 12.1 Å². The van der Waals surface area contributed by atoms with Gasteiger partial charge in [0.15, 0.2) is 0 Å². The van der Waals surface area contributed by atoms with E-state index >= 15 is 0 Å². The number of hydrogen-bond acceptors (Lipinski definition) is 5. The zero-order valence-electron chi connectivity index (χ0n) is 17.5. The summed E-state index contributed by atoms with van der Waals surface area (Å²) in [6.45, 7) is 6.40. The van der Waals surface area contributed by atoms with E-state index in [1.54, 1.807) is 41.3 Å². The van der Waals surface area contributed by atoms with Crippen molar-refractivity contribution < 1.29 is 9.18 Å². The molecule has 31 heavy (non-hydrogen) atoms. The van der Waals surface area contributed by atoms with Crippen LogP contribution in [0, 0.1) is 17.1 Å². The minimum Gasteiger partial charge on any atom is -0.353 e. The van der Waals surface area contributed by atoms with Crippen LogP contribution in [-0.4, -0.2) is 51.8 Å². The van der Waals surface area contributed by atoms with Crippen LogP contribution in [0.5, 0.6) is 0 Å². The SMILES string of the molecule is CC(C)c1c(C(=O)N2CCN(c3cc(C#N)ccn3)CC2)cnn1-c1ccc(F)cc1. The Morgan fingerprint density at radius 1 is 1.13 bits per heavy atom. The topological polar surface area (TPSA) is 78.1 Å². The van der Waals surface area contributed by atoms with Crippen LogP contribution in [0.3, 0.4) is 0 Å². The summed E-state index contributed by atoms with van der Waals surface area (Å²) in [5, 5.41) is 13.5. The van der Waals surface area contributed by atoms with Gasteiger partial charge in [-0.25, -0.2) is 14.1 Å². The standard InChI is InChI=1S/C23H23FN6O/c1-16(2)22-20(15-27-30(22)19-5-3-18(24)4-6-19)23(31)29-11-9-28(10-12-29)21-13-17(14-25)7-8-26-21/h3-8,13,15-16H,9-12H2,1-2H3. The second-order valence-electron chi connectivity index (χ2n) is 7.78. The minimum atomic E-state index is -0.314. The number of nitriles is 1. The number of amides is 1. The largest absolute Gasteiger partial charge is 0.353 e. The summed E-state index contributed by atoms with van der Waals surface area (Å²) in [6, 6.07) is 11.7. The van der Waals surface area contributed by atoms with Gasteiger partial charge in [0.25, 0.3) is 5.91 Å². The molecule has 1 amide bonds. The maximum atomic E-state index is 13.3. The summed E-state index contributed by atoms with van der Waals surface area (Å²) in [6.07, 6.45) is 3.23. The molecule has 0 spiro atoms. The van der Waals surface area contributed by atoms with Crippen molar-refractivity contribution in [1.29, 1.82) is 5.26 Å². The Labute approximate surface area is 180 Å². The number of rotatable bonds is 4. The molecule has 0 bridgehead atoms. The van der Waals surface area contributed by atoms with E-state index in [9.17, 15) is 9.18 Å². The monoisotopic (exact) mass is 418 g/mol. The molecule has 3 heterocycles. The summed E-state index contributed by atoms with van der Waals surface area (Å²) < 4.78 is 15.0. The van der Waals surface area contributed by atoms with E-state index in [0.717, 1.165) is 17.2 Å². The lowest BCUT2D eigenvalue weighted by molar-refractivity contribution is 0.0745. The van der Waals surface area contributed by atoms with Crippen LogP contribution in [0.1, 0.15) is 41.4 Å². The van der Waals surface area contributed by atoms with E-state index in [0.29, 0.717) is 37.3 Å². The maximum absolute atomic E-state index is 13.3. The van der Waals surface area contributed by atoms with Crippen LogP contribution >= 0.6 is 0 Å². The lowest BCUT2D eigenvalue weighted by atomic mass is 10.0. The van der Waals surface area contributed by atoms with Gasteiger partial charge in [0, 0.05) is 32.4 Å². The molecule has 1 fully saturated rings. The zero-order chi connectivity index (χ0) is 22.0. The van der Waals surface area contributed by atoms with Crippen LogP contribution in [0.25, 0.3) is 5.69 Å². The van der Waals surface area contributed by atoms with Gasteiger partial charge >= 0.3 is 0 Å². The fourth-order valence-electron chi connectivity index (χ4n) is 3.84. The van der Waals surface area contributed by atoms with Gasteiger partial charge in [-0.1, -0.05) is 13.8 Å². The molecule has 0 aliphatic carbocycles. The van der Waals surface area contributed by atoms with Crippen molar-refractivity contribution in [1.82, 2.24) is 19.7 Å². The second kappa shape index (κ2) is 8.56. The lowest BCUT2D eigenvalue weighted by Crippen LogP contribution is -2.49. The number of nitrogens with zero attached hydrogens (tertiary/aromatic N) is 6. The minimum absolute atomic E-state index is 0.0598. The van der Waals surface area contributed by atoms with Crippen LogP contribution < -0.4 is 4.90 Å². The molecular weight excluding hydrogens is 395 g/mol. The number of carbonyl (C=O) groups excluding carboxylic acids is 1. The fraction of sp³-hybridized carbons (Fsp3) is 0.304. The molecule has 1 aliphatic heterocycles. The van der Waals surface area contributed by atoms with Gasteiger partial charge in [-0.2, -0.15) is 10.4 Å². The number of benzene rings is 1. The Bertz CT molecular complexity index is 1120. The first kappa shape index (κ1) is 20.5. The number of anilines is 1. The van der Waals surface area contributed by atoms with Crippen molar-refractivity contribution in [2.24, 2.45) is 0 Å². The molecule has 2 aromatic heterocycles.